The lowest BCUT2D eigenvalue weighted by Gasteiger charge is -2.20. The van der Waals surface area contributed by atoms with Crippen LogP contribution in [0, 0.1) is 0 Å². The highest BCUT2D eigenvalue weighted by molar-refractivity contribution is 6.30. The normalized spacial score (nSPS) is 12.7. The van der Waals surface area contributed by atoms with Crippen LogP contribution in [0.4, 0.5) is 0 Å². The number of halogens is 1. The lowest BCUT2D eigenvalue weighted by molar-refractivity contribution is -0.00161. The second-order valence-corrected chi connectivity index (χ2v) is 8.62. The minimum Gasteiger partial charge on any atom is -0.493 e. The van der Waals surface area contributed by atoms with Gasteiger partial charge in [0.2, 0.25) is 0 Å². The van der Waals surface area contributed by atoms with Crippen LogP contribution < -0.4 is 14.8 Å². The quantitative estimate of drug-likeness (QED) is 0.254. The van der Waals surface area contributed by atoms with E-state index in [0.29, 0.717) is 41.6 Å². The van der Waals surface area contributed by atoms with E-state index >= 15 is 0 Å². The van der Waals surface area contributed by atoms with Crippen LogP contribution in [0.15, 0.2) is 72.8 Å². The number of Topliss-reactive ketones (excluding diaryl/α,β-unsaturated/α-hetero) is 1. The number of ketones is 1. The third kappa shape index (κ3) is 8.37. The Morgan fingerprint density at radius 3 is 2.43 bits per heavy atom. The number of hydrogen-bond donors (Lipinski definition) is 2. The molecule has 0 radical (unpaired) electrons. The first-order chi connectivity index (χ1) is 17.0. The molecule has 0 fully saturated rings. The van der Waals surface area contributed by atoms with E-state index < -0.39 is 12.2 Å². The number of nitrogens with one attached hydrogen (secondary N) is 1. The van der Waals surface area contributed by atoms with Gasteiger partial charge >= 0.3 is 0 Å². The molecule has 0 amide bonds. The summed E-state index contributed by atoms with van der Waals surface area (Å²) >= 11 is 6.11. The molecule has 3 aromatic carbocycles. The molecule has 0 aliphatic heterocycles. The molecule has 0 aliphatic carbocycles. The molecular weight excluding hydrogens is 466 g/mol. The van der Waals surface area contributed by atoms with Gasteiger partial charge in [-0.2, -0.15) is 0 Å². The number of rotatable bonds is 14. The zero-order chi connectivity index (χ0) is 25.0. The van der Waals surface area contributed by atoms with Crippen LogP contribution in [0.1, 0.15) is 21.5 Å². The topological polar surface area (TPSA) is 77.0 Å². The van der Waals surface area contributed by atoms with Crippen LogP contribution in [0.2, 0.25) is 5.02 Å². The lowest BCUT2D eigenvalue weighted by atomic mass is 10.00. The maximum Gasteiger partial charge on any atom is 0.191 e. The standard InChI is InChI=1S/C28H32ClNO5/c1-33-25-12-11-20(16-26(25)34-2)13-14-30-18-24(31)19-35-27(17-21-7-6-10-23(29)15-21)28(32)22-8-4-3-5-9-22/h3-12,15-16,24,27,30-31H,13-14,17-19H2,1-2H3. The number of benzene rings is 3. The molecular formula is C28H32ClNO5. The number of methoxy groups -OCH3 is 2. The van der Waals surface area contributed by atoms with Crippen molar-refractivity contribution in [1.82, 2.24) is 5.32 Å². The minimum atomic E-state index is -0.758. The fourth-order valence-corrected chi connectivity index (χ4v) is 3.93. The summed E-state index contributed by atoms with van der Waals surface area (Å²) in [6, 6.07) is 22.2. The van der Waals surface area contributed by atoms with Crippen molar-refractivity contribution in [3.05, 3.63) is 94.5 Å². The van der Waals surface area contributed by atoms with E-state index in [1.165, 1.54) is 0 Å². The van der Waals surface area contributed by atoms with Gasteiger partial charge in [0.05, 0.1) is 26.9 Å². The largest absolute Gasteiger partial charge is 0.493 e. The highest BCUT2D eigenvalue weighted by Crippen LogP contribution is 2.27. The molecule has 0 bridgehead atoms. The number of aliphatic hydroxyl groups is 1. The summed E-state index contributed by atoms with van der Waals surface area (Å²) in [4.78, 5) is 13.1. The minimum absolute atomic E-state index is 0.0349. The van der Waals surface area contributed by atoms with Gasteiger partial charge in [-0.1, -0.05) is 60.1 Å². The van der Waals surface area contributed by atoms with Gasteiger partial charge in [-0.05, 0) is 48.4 Å². The monoisotopic (exact) mass is 497 g/mol. The van der Waals surface area contributed by atoms with Gasteiger partial charge in [0.25, 0.3) is 0 Å². The summed E-state index contributed by atoms with van der Waals surface area (Å²) in [5.74, 6) is 1.25. The Morgan fingerprint density at radius 1 is 0.943 bits per heavy atom. The van der Waals surface area contributed by atoms with Gasteiger partial charge in [-0.25, -0.2) is 0 Å². The second-order valence-electron chi connectivity index (χ2n) is 8.18. The highest BCUT2D eigenvalue weighted by Gasteiger charge is 2.22. The molecule has 35 heavy (non-hydrogen) atoms. The lowest BCUT2D eigenvalue weighted by Crippen LogP contribution is -2.35. The van der Waals surface area contributed by atoms with Crippen molar-refractivity contribution in [3.8, 4) is 11.5 Å². The van der Waals surface area contributed by atoms with Crippen LogP contribution in [0.25, 0.3) is 0 Å². The first kappa shape index (κ1) is 26.7. The molecule has 6 nitrogen and oxygen atoms in total. The Hall–Kier alpha value is -2.90. The number of aliphatic hydroxyl groups excluding tert-OH is 1. The van der Waals surface area contributed by atoms with Crippen LogP contribution in [-0.2, 0) is 17.6 Å². The Kier molecular flexibility index (Phi) is 10.6. The first-order valence-corrected chi connectivity index (χ1v) is 11.9. The summed E-state index contributed by atoms with van der Waals surface area (Å²) in [6.07, 6.45) is -0.353. The summed E-state index contributed by atoms with van der Waals surface area (Å²) < 4.78 is 16.5. The van der Waals surface area contributed by atoms with E-state index in [1.54, 1.807) is 32.4 Å². The van der Waals surface area contributed by atoms with E-state index in [0.717, 1.165) is 17.5 Å². The second kappa shape index (κ2) is 13.9. The molecule has 0 spiro atoms. The van der Waals surface area contributed by atoms with E-state index in [4.69, 9.17) is 25.8 Å². The van der Waals surface area contributed by atoms with Crippen molar-refractivity contribution in [1.29, 1.82) is 0 Å². The van der Waals surface area contributed by atoms with Gasteiger partial charge in [-0.15, -0.1) is 0 Å². The number of carbonyl (C=O) groups excluding carboxylic acids is 1. The predicted molar refractivity (Wildman–Crippen MR) is 138 cm³/mol. The van der Waals surface area contributed by atoms with Crippen molar-refractivity contribution < 1.29 is 24.1 Å². The van der Waals surface area contributed by atoms with Crippen LogP contribution in [0.5, 0.6) is 11.5 Å². The van der Waals surface area contributed by atoms with Gasteiger partial charge in [0.1, 0.15) is 6.10 Å². The zero-order valence-electron chi connectivity index (χ0n) is 20.1. The maximum atomic E-state index is 13.1. The van der Waals surface area contributed by atoms with Gasteiger partial charge < -0.3 is 24.6 Å². The molecule has 3 rings (SSSR count). The predicted octanol–water partition coefficient (Wildman–Crippen LogP) is 4.36. The Labute approximate surface area is 211 Å². The highest BCUT2D eigenvalue weighted by atomic mass is 35.5. The number of carbonyl (C=O) groups is 1. The average molecular weight is 498 g/mol. The third-order valence-corrected chi connectivity index (χ3v) is 5.80. The van der Waals surface area contributed by atoms with Gasteiger partial charge in [-0.3, -0.25) is 4.79 Å². The Morgan fingerprint density at radius 2 is 1.71 bits per heavy atom. The fraction of sp³-hybridized carbons (Fsp3) is 0.321. The Balaban J connectivity index is 1.51. The van der Waals surface area contributed by atoms with Crippen LogP contribution in [-0.4, -0.2) is 57.0 Å². The number of ether oxygens (including phenoxy) is 3. The fourth-order valence-electron chi connectivity index (χ4n) is 3.72. The van der Waals surface area contributed by atoms with Crippen molar-refractivity contribution in [2.75, 3.05) is 33.9 Å². The third-order valence-electron chi connectivity index (χ3n) is 5.57. The molecule has 2 unspecified atom stereocenters. The molecule has 0 saturated carbocycles. The SMILES string of the molecule is COc1ccc(CCNCC(O)COC(Cc2cccc(Cl)c2)C(=O)c2ccccc2)cc1OC. The van der Waals surface area contributed by atoms with E-state index in [2.05, 4.69) is 5.32 Å². The van der Waals surface area contributed by atoms with E-state index in [-0.39, 0.29) is 12.4 Å². The first-order valence-electron chi connectivity index (χ1n) is 11.5. The van der Waals surface area contributed by atoms with Crippen molar-refractivity contribution in [2.45, 2.75) is 25.0 Å². The van der Waals surface area contributed by atoms with E-state index in [1.807, 2.05) is 54.6 Å². The smallest absolute Gasteiger partial charge is 0.191 e. The van der Waals surface area contributed by atoms with Crippen LogP contribution in [0.3, 0.4) is 0 Å². The summed E-state index contributed by atoms with van der Waals surface area (Å²) in [5.41, 5.74) is 2.56. The summed E-state index contributed by atoms with van der Waals surface area (Å²) in [7, 11) is 3.22. The molecule has 7 heteroatoms. The molecule has 3 aromatic rings. The number of hydrogen-bond acceptors (Lipinski definition) is 6. The van der Waals surface area contributed by atoms with Crippen LogP contribution >= 0.6 is 11.6 Å². The van der Waals surface area contributed by atoms with Gasteiger partial charge in [0.15, 0.2) is 17.3 Å². The molecule has 0 aliphatic rings. The van der Waals surface area contributed by atoms with Crippen molar-refractivity contribution in [3.63, 3.8) is 0 Å². The zero-order valence-corrected chi connectivity index (χ0v) is 20.8. The molecule has 0 saturated heterocycles. The molecule has 0 heterocycles. The molecule has 186 valence electrons. The van der Waals surface area contributed by atoms with Crippen molar-refractivity contribution >= 4 is 17.4 Å². The molecule has 2 N–H and O–H groups in total. The molecule has 2 atom stereocenters. The van der Waals surface area contributed by atoms with Crippen molar-refractivity contribution in [2.24, 2.45) is 0 Å². The summed E-state index contributed by atoms with van der Waals surface area (Å²) in [5, 5.41) is 14.3. The molecule has 0 aromatic heterocycles. The van der Waals surface area contributed by atoms with E-state index in [9.17, 15) is 9.90 Å². The Bertz CT molecular complexity index is 1080. The van der Waals surface area contributed by atoms with Gasteiger partial charge in [0, 0.05) is 23.6 Å². The maximum absolute atomic E-state index is 13.1. The summed E-state index contributed by atoms with van der Waals surface area (Å²) in [6.45, 7) is 1.05. The average Bonchev–Trinajstić information content (AvgIpc) is 2.89.